The van der Waals surface area contributed by atoms with Crippen molar-refractivity contribution < 1.29 is 9.59 Å². The summed E-state index contributed by atoms with van der Waals surface area (Å²) >= 11 is 2.76. The van der Waals surface area contributed by atoms with Gasteiger partial charge in [-0.15, -0.1) is 10.2 Å². The van der Waals surface area contributed by atoms with Gasteiger partial charge in [0.25, 0.3) is 0 Å². The summed E-state index contributed by atoms with van der Waals surface area (Å²) in [6.45, 7) is 5.69. The van der Waals surface area contributed by atoms with Gasteiger partial charge in [-0.3, -0.25) is 14.5 Å². The molecule has 0 saturated heterocycles. The van der Waals surface area contributed by atoms with Crippen molar-refractivity contribution >= 4 is 39.9 Å². The predicted molar refractivity (Wildman–Crippen MR) is 96.0 cm³/mol. The first kappa shape index (κ1) is 17.2. The van der Waals surface area contributed by atoms with Gasteiger partial charge in [0, 0.05) is 29.4 Å². The van der Waals surface area contributed by atoms with Gasteiger partial charge in [0.05, 0.1) is 5.75 Å². The lowest BCUT2D eigenvalue weighted by Gasteiger charge is -2.17. The molecule has 6 nitrogen and oxygen atoms in total. The second-order valence-corrected chi connectivity index (χ2v) is 8.08. The van der Waals surface area contributed by atoms with Crippen LogP contribution < -0.4 is 4.90 Å². The zero-order valence-electron chi connectivity index (χ0n) is 14.0. The van der Waals surface area contributed by atoms with Crippen LogP contribution >= 0.6 is 23.1 Å². The number of anilines is 1. The first-order valence-electron chi connectivity index (χ1n) is 7.97. The summed E-state index contributed by atoms with van der Waals surface area (Å²) in [7, 11) is 0. The largest absolute Gasteiger partial charge is 0.362 e. The van der Waals surface area contributed by atoms with E-state index in [1.54, 1.807) is 4.90 Å². The monoisotopic (exact) mass is 364 g/mol. The molecule has 1 amide bonds. The Bertz CT molecular complexity index is 764. The van der Waals surface area contributed by atoms with Crippen molar-refractivity contribution in [2.75, 3.05) is 10.7 Å². The van der Waals surface area contributed by atoms with Gasteiger partial charge in [-0.25, -0.2) is 0 Å². The van der Waals surface area contributed by atoms with Gasteiger partial charge < -0.3 is 4.98 Å². The van der Waals surface area contributed by atoms with Crippen LogP contribution in [-0.4, -0.2) is 38.7 Å². The molecule has 2 aromatic rings. The maximum Gasteiger partial charge on any atom is 0.228 e. The molecule has 24 heavy (non-hydrogen) atoms. The van der Waals surface area contributed by atoms with Gasteiger partial charge in [0.15, 0.2) is 10.1 Å². The summed E-state index contributed by atoms with van der Waals surface area (Å²) in [6, 6.07) is 2.15. The Balaban J connectivity index is 1.64. The molecule has 1 saturated carbocycles. The molecule has 2 heterocycles. The Morgan fingerprint density at radius 2 is 2.12 bits per heavy atom. The minimum Gasteiger partial charge on any atom is -0.362 e. The number of amides is 1. The van der Waals surface area contributed by atoms with Crippen molar-refractivity contribution in [3.8, 4) is 0 Å². The fourth-order valence-corrected chi connectivity index (χ4v) is 4.36. The summed E-state index contributed by atoms with van der Waals surface area (Å²) in [5.74, 6) is 0.472. The van der Waals surface area contributed by atoms with Gasteiger partial charge in [0.2, 0.25) is 11.0 Å². The Morgan fingerprint density at radius 3 is 2.71 bits per heavy atom. The van der Waals surface area contributed by atoms with Crippen molar-refractivity contribution in [2.45, 2.75) is 50.4 Å². The molecule has 1 aliphatic carbocycles. The highest BCUT2D eigenvalue weighted by atomic mass is 32.2. The average Bonchev–Trinajstić information content (AvgIpc) is 3.17. The van der Waals surface area contributed by atoms with E-state index in [9.17, 15) is 9.59 Å². The number of aromatic amines is 1. The third-order valence-electron chi connectivity index (χ3n) is 3.86. The standard InChI is InChI=1S/C16H20N4O2S2/c1-4-14(22)20(11-5-6-11)15-18-19-16(24-15)23-8-13(21)12-7-9(2)17-10(12)3/h7,11,17H,4-6,8H2,1-3H3. The van der Waals surface area contributed by atoms with E-state index in [0.717, 1.165) is 34.1 Å². The lowest BCUT2D eigenvalue weighted by Crippen LogP contribution is -2.32. The first-order valence-corrected chi connectivity index (χ1v) is 9.77. The van der Waals surface area contributed by atoms with E-state index < -0.39 is 0 Å². The van der Waals surface area contributed by atoms with Crippen molar-refractivity contribution in [3.05, 3.63) is 23.0 Å². The van der Waals surface area contributed by atoms with Crippen molar-refractivity contribution in [1.29, 1.82) is 0 Å². The molecule has 0 aromatic carbocycles. The van der Waals surface area contributed by atoms with Crippen LogP contribution in [0.2, 0.25) is 0 Å². The number of hydrogen-bond acceptors (Lipinski definition) is 6. The number of Topliss-reactive ketones (excluding diaryl/α,β-unsaturated/α-hetero) is 1. The number of rotatable bonds is 7. The van der Waals surface area contributed by atoms with Crippen LogP contribution in [0.4, 0.5) is 5.13 Å². The summed E-state index contributed by atoms with van der Waals surface area (Å²) < 4.78 is 0.720. The van der Waals surface area contributed by atoms with Crippen LogP contribution in [-0.2, 0) is 4.79 Å². The molecule has 0 atom stereocenters. The summed E-state index contributed by atoms with van der Waals surface area (Å²) in [5, 5.41) is 8.94. The number of aryl methyl sites for hydroxylation is 2. The van der Waals surface area contributed by atoms with Crippen molar-refractivity contribution in [3.63, 3.8) is 0 Å². The number of nitrogens with one attached hydrogen (secondary N) is 1. The Morgan fingerprint density at radius 1 is 1.38 bits per heavy atom. The highest BCUT2D eigenvalue weighted by Gasteiger charge is 2.35. The number of hydrogen-bond donors (Lipinski definition) is 1. The minimum absolute atomic E-state index is 0.0716. The van der Waals surface area contributed by atoms with E-state index in [0.29, 0.717) is 17.3 Å². The molecular weight excluding hydrogens is 344 g/mol. The number of carbonyl (C=O) groups excluding carboxylic acids is 2. The topological polar surface area (TPSA) is 79.0 Å². The van der Waals surface area contributed by atoms with E-state index in [1.807, 2.05) is 26.8 Å². The third-order valence-corrected chi connectivity index (χ3v) is 5.92. The molecule has 1 fully saturated rings. The van der Waals surface area contributed by atoms with E-state index in [2.05, 4.69) is 15.2 Å². The first-order chi connectivity index (χ1) is 11.5. The van der Waals surface area contributed by atoms with E-state index in [-0.39, 0.29) is 17.7 Å². The predicted octanol–water partition coefficient (Wildman–Crippen LogP) is 3.36. The van der Waals surface area contributed by atoms with Gasteiger partial charge in [-0.1, -0.05) is 30.0 Å². The van der Waals surface area contributed by atoms with E-state index in [4.69, 9.17) is 0 Å². The summed E-state index contributed by atoms with van der Waals surface area (Å²) in [6.07, 6.45) is 2.51. The molecule has 2 aromatic heterocycles. The lowest BCUT2D eigenvalue weighted by molar-refractivity contribution is -0.118. The number of carbonyl (C=O) groups is 2. The van der Waals surface area contributed by atoms with Gasteiger partial charge in [0.1, 0.15) is 0 Å². The fourth-order valence-electron chi connectivity index (χ4n) is 2.55. The van der Waals surface area contributed by atoms with E-state index >= 15 is 0 Å². The zero-order chi connectivity index (χ0) is 17.3. The van der Waals surface area contributed by atoms with Crippen molar-refractivity contribution in [2.24, 2.45) is 0 Å². The number of thioether (sulfide) groups is 1. The Hall–Kier alpha value is -1.67. The molecule has 1 N–H and O–H groups in total. The Kier molecular flexibility index (Phi) is 5.05. The highest BCUT2D eigenvalue weighted by molar-refractivity contribution is 8.01. The number of H-pyrrole nitrogens is 1. The van der Waals surface area contributed by atoms with Crippen LogP contribution in [0.25, 0.3) is 0 Å². The quantitative estimate of drug-likeness (QED) is 0.463. The number of aromatic nitrogens is 3. The minimum atomic E-state index is 0.0716. The molecular formula is C16H20N4O2S2. The normalized spacial score (nSPS) is 14.0. The number of nitrogens with zero attached hydrogens (tertiary/aromatic N) is 3. The molecule has 0 aliphatic heterocycles. The second-order valence-electron chi connectivity index (χ2n) is 5.90. The molecule has 3 rings (SSSR count). The van der Waals surface area contributed by atoms with Crippen LogP contribution in [0.3, 0.4) is 0 Å². The van der Waals surface area contributed by atoms with Crippen LogP contribution in [0.1, 0.15) is 47.9 Å². The van der Waals surface area contributed by atoms with Crippen LogP contribution in [0, 0.1) is 13.8 Å². The molecule has 1 aliphatic rings. The van der Waals surface area contributed by atoms with Gasteiger partial charge in [-0.05, 0) is 32.8 Å². The molecule has 0 spiro atoms. The molecule has 128 valence electrons. The molecule has 8 heteroatoms. The highest BCUT2D eigenvalue weighted by Crippen LogP contribution is 2.36. The van der Waals surface area contributed by atoms with E-state index in [1.165, 1.54) is 23.1 Å². The number of ketones is 1. The Labute approximate surface area is 149 Å². The third kappa shape index (κ3) is 3.70. The van der Waals surface area contributed by atoms with Gasteiger partial charge >= 0.3 is 0 Å². The van der Waals surface area contributed by atoms with Crippen LogP contribution in [0.5, 0.6) is 0 Å². The molecule has 0 unspecified atom stereocenters. The summed E-state index contributed by atoms with van der Waals surface area (Å²) in [4.78, 5) is 29.3. The maximum atomic E-state index is 12.3. The smallest absolute Gasteiger partial charge is 0.228 e. The lowest BCUT2D eigenvalue weighted by atomic mass is 10.2. The summed E-state index contributed by atoms with van der Waals surface area (Å²) in [5.41, 5.74) is 2.60. The SMILES string of the molecule is CCC(=O)N(c1nnc(SCC(=O)c2cc(C)[nH]c2C)s1)C1CC1. The van der Waals surface area contributed by atoms with Crippen molar-refractivity contribution in [1.82, 2.24) is 15.2 Å². The molecule has 0 bridgehead atoms. The fraction of sp³-hybridized carbons (Fsp3) is 0.500. The second kappa shape index (κ2) is 7.06. The maximum absolute atomic E-state index is 12.3. The van der Waals surface area contributed by atoms with Crippen LogP contribution in [0.15, 0.2) is 10.4 Å². The average molecular weight is 364 g/mol. The molecule has 0 radical (unpaired) electrons. The van der Waals surface area contributed by atoms with Gasteiger partial charge in [-0.2, -0.15) is 0 Å². The zero-order valence-corrected chi connectivity index (χ0v) is 15.6.